The van der Waals surface area contributed by atoms with Crippen LogP contribution in [0.25, 0.3) is 0 Å². The predicted octanol–water partition coefficient (Wildman–Crippen LogP) is 2.78. The summed E-state index contributed by atoms with van der Waals surface area (Å²) >= 11 is 0. The lowest BCUT2D eigenvalue weighted by atomic mass is 10.1. The van der Waals surface area contributed by atoms with E-state index in [-0.39, 0.29) is 12.4 Å². The van der Waals surface area contributed by atoms with Gasteiger partial charge in [-0.05, 0) is 49.9 Å². The van der Waals surface area contributed by atoms with Crippen LogP contribution in [-0.4, -0.2) is 31.1 Å². The zero-order valence-electron chi connectivity index (χ0n) is 11.1. The van der Waals surface area contributed by atoms with E-state index in [9.17, 15) is 0 Å². The molecule has 0 aromatic heterocycles. The molecule has 1 heterocycles. The second-order valence-electron chi connectivity index (χ2n) is 5.58. The van der Waals surface area contributed by atoms with Crippen molar-refractivity contribution in [1.29, 1.82) is 0 Å². The van der Waals surface area contributed by atoms with Crippen LogP contribution in [0.5, 0.6) is 0 Å². The molecule has 3 heteroatoms. The predicted molar refractivity (Wildman–Crippen MR) is 78.4 cm³/mol. The molecule has 1 aromatic rings. The molecule has 3 rings (SSSR count). The van der Waals surface area contributed by atoms with E-state index in [2.05, 4.69) is 41.5 Å². The highest BCUT2D eigenvalue weighted by molar-refractivity contribution is 5.85. The average Bonchev–Trinajstić information content (AvgIpc) is 3.04. The van der Waals surface area contributed by atoms with Gasteiger partial charge in [0.05, 0.1) is 0 Å². The van der Waals surface area contributed by atoms with Gasteiger partial charge < -0.3 is 5.32 Å². The van der Waals surface area contributed by atoms with Gasteiger partial charge in [-0.2, -0.15) is 0 Å². The van der Waals surface area contributed by atoms with Gasteiger partial charge in [0.1, 0.15) is 0 Å². The fourth-order valence-corrected chi connectivity index (χ4v) is 2.79. The molecule has 100 valence electrons. The SMILES string of the molecule is CN(Cc1cccc(C2CC2)c1)C1CCNC1.Cl. The quantitative estimate of drug-likeness (QED) is 0.902. The lowest BCUT2D eigenvalue weighted by Gasteiger charge is -2.23. The summed E-state index contributed by atoms with van der Waals surface area (Å²) in [6.45, 7) is 3.42. The summed E-state index contributed by atoms with van der Waals surface area (Å²) in [4.78, 5) is 2.49. The second-order valence-corrected chi connectivity index (χ2v) is 5.58. The highest BCUT2D eigenvalue weighted by Gasteiger charge is 2.24. The second kappa shape index (κ2) is 6.05. The molecule has 1 saturated heterocycles. The summed E-state index contributed by atoms with van der Waals surface area (Å²) in [7, 11) is 2.25. The zero-order chi connectivity index (χ0) is 11.7. The lowest BCUT2D eigenvalue weighted by molar-refractivity contribution is 0.249. The van der Waals surface area contributed by atoms with Crippen molar-refractivity contribution in [3.63, 3.8) is 0 Å². The summed E-state index contributed by atoms with van der Waals surface area (Å²) in [5.41, 5.74) is 3.03. The Labute approximate surface area is 116 Å². The van der Waals surface area contributed by atoms with Crippen molar-refractivity contribution in [2.45, 2.75) is 37.8 Å². The maximum absolute atomic E-state index is 3.44. The summed E-state index contributed by atoms with van der Waals surface area (Å²) in [6, 6.07) is 9.92. The molecule has 1 atom stereocenters. The zero-order valence-corrected chi connectivity index (χ0v) is 11.9. The number of hydrogen-bond donors (Lipinski definition) is 1. The van der Waals surface area contributed by atoms with Gasteiger partial charge in [-0.3, -0.25) is 4.90 Å². The van der Waals surface area contributed by atoms with Crippen LogP contribution < -0.4 is 5.32 Å². The fourth-order valence-electron chi connectivity index (χ4n) is 2.79. The van der Waals surface area contributed by atoms with Crippen LogP contribution in [-0.2, 0) is 6.54 Å². The van der Waals surface area contributed by atoms with Gasteiger partial charge in [-0.15, -0.1) is 12.4 Å². The first-order valence-electron chi connectivity index (χ1n) is 6.83. The van der Waals surface area contributed by atoms with Crippen molar-refractivity contribution in [1.82, 2.24) is 10.2 Å². The first kappa shape index (κ1) is 13.9. The topological polar surface area (TPSA) is 15.3 Å². The lowest BCUT2D eigenvalue weighted by Crippen LogP contribution is -2.32. The van der Waals surface area contributed by atoms with Crippen LogP contribution >= 0.6 is 12.4 Å². The number of hydrogen-bond acceptors (Lipinski definition) is 2. The van der Waals surface area contributed by atoms with Crippen LogP contribution in [0.1, 0.15) is 36.3 Å². The Hall–Kier alpha value is -0.570. The Kier molecular flexibility index (Phi) is 4.66. The molecule has 1 N–H and O–H groups in total. The van der Waals surface area contributed by atoms with Crippen molar-refractivity contribution >= 4 is 12.4 Å². The summed E-state index contributed by atoms with van der Waals surface area (Å²) in [5.74, 6) is 0.869. The molecule has 0 bridgehead atoms. The van der Waals surface area contributed by atoms with Gasteiger partial charge >= 0.3 is 0 Å². The Morgan fingerprint density at radius 3 is 2.78 bits per heavy atom. The molecular weight excluding hydrogens is 244 g/mol. The van der Waals surface area contributed by atoms with Crippen LogP contribution in [0.15, 0.2) is 24.3 Å². The average molecular weight is 267 g/mol. The van der Waals surface area contributed by atoms with Crippen LogP contribution in [0, 0.1) is 0 Å². The Bertz CT molecular complexity index is 384. The van der Waals surface area contributed by atoms with Gasteiger partial charge in [-0.25, -0.2) is 0 Å². The molecule has 0 amide bonds. The van der Waals surface area contributed by atoms with Gasteiger partial charge in [0.2, 0.25) is 0 Å². The van der Waals surface area contributed by atoms with E-state index in [1.807, 2.05) is 0 Å². The molecular formula is C15H23ClN2. The van der Waals surface area contributed by atoms with E-state index in [1.165, 1.54) is 31.4 Å². The molecule has 1 aliphatic carbocycles. The smallest absolute Gasteiger partial charge is 0.0234 e. The van der Waals surface area contributed by atoms with E-state index in [0.717, 1.165) is 25.0 Å². The summed E-state index contributed by atoms with van der Waals surface area (Å²) in [5, 5.41) is 3.44. The summed E-state index contributed by atoms with van der Waals surface area (Å²) in [6.07, 6.45) is 4.08. The molecule has 2 fully saturated rings. The minimum absolute atomic E-state index is 0. The molecule has 1 saturated carbocycles. The first-order chi connectivity index (χ1) is 8.33. The molecule has 2 aliphatic rings. The van der Waals surface area contributed by atoms with Gasteiger partial charge in [0, 0.05) is 19.1 Å². The standard InChI is InChI=1S/C15H22N2.ClH/c1-17(15-7-8-16-10-15)11-12-3-2-4-14(9-12)13-5-6-13;/h2-4,9,13,15-16H,5-8,10-11H2,1H3;1H. The van der Waals surface area contributed by atoms with E-state index in [4.69, 9.17) is 0 Å². The molecule has 1 unspecified atom stereocenters. The number of rotatable bonds is 4. The number of nitrogens with zero attached hydrogens (tertiary/aromatic N) is 1. The van der Waals surface area contributed by atoms with Gasteiger partial charge in [-0.1, -0.05) is 24.3 Å². The normalized spacial score (nSPS) is 23.1. The third kappa shape index (κ3) is 3.25. The largest absolute Gasteiger partial charge is 0.315 e. The van der Waals surface area contributed by atoms with E-state index in [1.54, 1.807) is 5.56 Å². The van der Waals surface area contributed by atoms with Crippen LogP contribution in [0.4, 0.5) is 0 Å². The fraction of sp³-hybridized carbons (Fsp3) is 0.600. The van der Waals surface area contributed by atoms with Gasteiger partial charge in [0.15, 0.2) is 0 Å². The number of nitrogens with one attached hydrogen (secondary N) is 1. The van der Waals surface area contributed by atoms with Crippen molar-refractivity contribution in [3.05, 3.63) is 35.4 Å². The van der Waals surface area contributed by atoms with E-state index in [0.29, 0.717) is 0 Å². The van der Waals surface area contributed by atoms with Crippen molar-refractivity contribution in [2.24, 2.45) is 0 Å². The Morgan fingerprint density at radius 2 is 2.11 bits per heavy atom. The van der Waals surface area contributed by atoms with Gasteiger partial charge in [0.25, 0.3) is 0 Å². The molecule has 0 radical (unpaired) electrons. The van der Waals surface area contributed by atoms with E-state index >= 15 is 0 Å². The van der Waals surface area contributed by atoms with Crippen LogP contribution in [0.3, 0.4) is 0 Å². The minimum atomic E-state index is 0. The van der Waals surface area contributed by atoms with E-state index < -0.39 is 0 Å². The maximum Gasteiger partial charge on any atom is 0.0234 e. The molecule has 0 spiro atoms. The Morgan fingerprint density at radius 1 is 1.28 bits per heavy atom. The third-order valence-electron chi connectivity index (χ3n) is 4.09. The highest BCUT2D eigenvalue weighted by Crippen LogP contribution is 2.40. The number of halogens is 1. The third-order valence-corrected chi connectivity index (χ3v) is 4.09. The molecule has 18 heavy (non-hydrogen) atoms. The number of benzene rings is 1. The Balaban J connectivity index is 0.00000120. The van der Waals surface area contributed by atoms with Crippen molar-refractivity contribution < 1.29 is 0 Å². The van der Waals surface area contributed by atoms with Crippen LogP contribution in [0.2, 0.25) is 0 Å². The van der Waals surface area contributed by atoms with Crippen molar-refractivity contribution in [2.75, 3.05) is 20.1 Å². The number of likely N-dealkylation sites (N-methyl/N-ethyl adjacent to an activating group) is 1. The highest BCUT2D eigenvalue weighted by atomic mass is 35.5. The minimum Gasteiger partial charge on any atom is -0.315 e. The monoisotopic (exact) mass is 266 g/mol. The summed E-state index contributed by atoms with van der Waals surface area (Å²) < 4.78 is 0. The molecule has 2 nitrogen and oxygen atoms in total. The molecule has 1 aromatic carbocycles. The first-order valence-corrected chi connectivity index (χ1v) is 6.83. The molecule has 1 aliphatic heterocycles. The van der Waals surface area contributed by atoms with Crippen molar-refractivity contribution in [3.8, 4) is 0 Å². The maximum atomic E-state index is 3.44.